The van der Waals surface area contributed by atoms with Gasteiger partial charge in [0, 0.05) is 23.8 Å². The highest BCUT2D eigenvalue weighted by Crippen LogP contribution is 2.37. The molecule has 4 atom stereocenters. The van der Waals surface area contributed by atoms with Crippen molar-refractivity contribution in [3.8, 4) is 33.6 Å². The number of imidazole rings is 2. The van der Waals surface area contributed by atoms with Crippen LogP contribution in [-0.4, -0.2) is 75.0 Å². The smallest absolute Gasteiger partial charge is 0.407 e. The summed E-state index contributed by atoms with van der Waals surface area (Å²) >= 11 is 2.18. The number of carbonyl (C=O) groups excluding carboxylic acids is 3. The summed E-state index contributed by atoms with van der Waals surface area (Å²) in [4.78, 5) is 60.1. The first-order valence-corrected chi connectivity index (χ1v) is 20.5. The number of hydrogen-bond donors (Lipinski definition) is 3. The molecule has 3 amide bonds. The topological polar surface area (TPSA) is 146 Å². The first-order chi connectivity index (χ1) is 28.3. The summed E-state index contributed by atoms with van der Waals surface area (Å²) in [5.74, 6) is 1.23. The van der Waals surface area contributed by atoms with Crippen LogP contribution < -0.4 is 5.32 Å². The van der Waals surface area contributed by atoms with E-state index in [1.54, 1.807) is 12.0 Å². The number of hydrogen-bond acceptors (Lipinski definition) is 7. The molecule has 4 aromatic carbocycles. The van der Waals surface area contributed by atoms with E-state index in [1.165, 1.54) is 7.11 Å². The van der Waals surface area contributed by atoms with E-state index in [1.807, 2.05) is 71.9 Å². The summed E-state index contributed by atoms with van der Waals surface area (Å²) in [7, 11) is 2.87. The van der Waals surface area contributed by atoms with Crippen molar-refractivity contribution in [2.24, 2.45) is 0 Å². The van der Waals surface area contributed by atoms with Gasteiger partial charge >= 0.3 is 6.09 Å². The standard InChI is InChI=1S/C45H44IN7O5/c1-57-40(32-10-4-3-5-11-32)44(55)53-25-9-15-38(53)42-48-27-36(50-42)31-22-18-29(19-23-31)28-16-20-30(21-17-28)35-26-47-41(49-35)37-14-8-24-52(37)43(54)39(51-45(56)58-2)33-12-6-7-13-34(33)46/h3-7,10-13,16-23,26-27,37-40H,8-9,14-15,24-25H2,1-2H3,(H,47,49)(H,48,50)(H,51,56)/t37-,38-,39+,40+/m0/s1. The van der Waals surface area contributed by atoms with Crippen molar-refractivity contribution in [3.05, 3.63) is 142 Å². The van der Waals surface area contributed by atoms with Gasteiger partial charge in [-0.05, 0) is 87.7 Å². The summed E-state index contributed by atoms with van der Waals surface area (Å²) in [6.45, 7) is 1.22. The molecule has 2 aliphatic rings. The molecule has 0 aliphatic carbocycles. The van der Waals surface area contributed by atoms with E-state index in [9.17, 15) is 14.4 Å². The molecule has 2 aliphatic heterocycles. The number of nitrogens with one attached hydrogen (secondary N) is 3. The van der Waals surface area contributed by atoms with Crippen molar-refractivity contribution < 1.29 is 23.9 Å². The minimum atomic E-state index is -0.885. The quantitative estimate of drug-likeness (QED) is 0.111. The minimum Gasteiger partial charge on any atom is -0.453 e. The number of halogens is 1. The average Bonchev–Trinajstić information content (AvgIpc) is 4.11. The highest BCUT2D eigenvalue weighted by Gasteiger charge is 2.38. The molecule has 0 saturated carbocycles. The molecule has 0 unspecified atom stereocenters. The van der Waals surface area contributed by atoms with Crippen LogP contribution in [0.25, 0.3) is 33.6 Å². The Morgan fingerprint density at radius 1 is 0.690 bits per heavy atom. The molecule has 0 bridgehead atoms. The maximum atomic E-state index is 14.0. The molecule has 296 valence electrons. The maximum absolute atomic E-state index is 14.0. The number of carbonyl (C=O) groups is 3. The number of rotatable bonds is 11. The van der Waals surface area contributed by atoms with Crippen molar-refractivity contribution in [2.45, 2.75) is 49.9 Å². The van der Waals surface area contributed by atoms with Crippen LogP contribution in [0, 0.1) is 3.57 Å². The zero-order valence-corrected chi connectivity index (χ0v) is 34.4. The molecule has 12 nitrogen and oxygen atoms in total. The van der Waals surface area contributed by atoms with Crippen LogP contribution in [0.4, 0.5) is 4.79 Å². The highest BCUT2D eigenvalue weighted by molar-refractivity contribution is 14.1. The second-order valence-corrected chi connectivity index (χ2v) is 15.7. The molecule has 13 heteroatoms. The van der Waals surface area contributed by atoms with Crippen LogP contribution in [0.2, 0.25) is 0 Å². The number of aromatic nitrogens is 4. The number of aromatic amines is 2. The number of alkyl carbamates (subject to hydrolysis) is 1. The average molecular weight is 890 g/mol. The van der Waals surface area contributed by atoms with E-state index in [0.717, 1.165) is 79.8 Å². The lowest BCUT2D eigenvalue weighted by Gasteiger charge is -2.28. The van der Waals surface area contributed by atoms with Crippen LogP contribution in [0.15, 0.2) is 116 Å². The molecule has 2 saturated heterocycles. The van der Waals surface area contributed by atoms with Crippen LogP contribution in [0.3, 0.4) is 0 Å². The number of methoxy groups -OCH3 is 2. The van der Waals surface area contributed by atoms with E-state index in [0.29, 0.717) is 18.9 Å². The van der Waals surface area contributed by atoms with E-state index >= 15 is 0 Å². The first-order valence-electron chi connectivity index (χ1n) is 19.4. The fourth-order valence-electron chi connectivity index (χ4n) is 8.10. The first kappa shape index (κ1) is 39.0. The second kappa shape index (κ2) is 17.4. The third kappa shape index (κ3) is 8.01. The van der Waals surface area contributed by atoms with Gasteiger partial charge in [-0.3, -0.25) is 9.59 Å². The molecule has 0 spiro atoms. The SMILES string of the molecule is COC(=O)N[C@@H](C(=O)N1CCC[C@H]1c1ncc(-c2ccc(-c3ccc(-c4cnc([C@@H]5CCCN5C(=O)[C@H](OC)c5ccccc5)[nH]4)cc3)cc2)[nH]1)c1ccccc1I. The Hall–Kier alpha value is -5.80. The fraction of sp³-hybridized carbons (Fsp3) is 0.267. The van der Waals surface area contributed by atoms with Gasteiger partial charge in [-0.2, -0.15) is 0 Å². The summed E-state index contributed by atoms with van der Waals surface area (Å²) in [6.07, 6.45) is 5.64. The van der Waals surface area contributed by atoms with Crippen molar-refractivity contribution in [2.75, 3.05) is 27.3 Å². The molecule has 2 fully saturated rings. The Kier molecular flexibility index (Phi) is 11.7. The third-order valence-corrected chi connectivity index (χ3v) is 12.1. The number of ether oxygens (including phenoxy) is 2. The molecule has 3 N–H and O–H groups in total. The Labute approximate surface area is 350 Å². The lowest BCUT2D eigenvalue weighted by Crippen LogP contribution is -2.43. The van der Waals surface area contributed by atoms with E-state index < -0.39 is 18.2 Å². The summed E-state index contributed by atoms with van der Waals surface area (Å²) in [5, 5.41) is 2.75. The number of nitrogens with zero attached hydrogens (tertiary/aromatic N) is 4. The van der Waals surface area contributed by atoms with E-state index in [2.05, 4.69) is 86.4 Å². The Balaban J connectivity index is 0.931. The molecular formula is C45H44IN7O5. The van der Waals surface area contributed by atoms with Gasteiger partial charge in [0.05, 0.1) is 43.0 Å². The van der Waals surface area contributed by atoms with Crippen molar-refractivity contribution >= 4 is 40.5 Å². The van der Waals surface area contributed by atoms with Gasteiger partial charge in [-0.15, -0.1) is 0 Å². The molecule has 8 rings (SSSR count). The third-order valence-electron chi connectivity index (χ3n) is 11.1. The maximum Gasteiger partial charge on any atom is 0.407 e. The molecule has 6 aromatic rings. The number of H-pyrrole nitrogens is 2. The predicted octanol–water partition coefficient (Wildman–Crippen LogP) is 8.55. The predicted molar refractivity (Wildman–Crippen MR) is 228 cm³/mol. The molecular weight excluding hydrogens is 845 g/mol. The molecule has 2 aromatic heterocycles. The fourth-order valence-corrected chi connectivity index (χ4v) is 8.80. The Morgan fingerprint density at radius 2 is 1.19 bits per heavy atom. The van der Waals surface area contributed by atoms with Crippen molar-refractivity contribution in [1.29, 1.82) is 0 Å². The van der Waals surface area contributed by atoms with E-state index in [-0.39, 0.29) is 23.9 Å². The van der Waals surface area contributed by atoms with Gasteiger partial charge in [0.25, 0.3) is 11.8 Å². The number of benzene rings is 4. The number of likely N-dealkylation sites (tertiary alicyclic amines) is 2. The van der Waals surface area contributed by atoms with Crippen molar-refractivity contribution in [1.82, 2.24) is 35.1 Å². The van der Waals surface area contributed by atoms with Gasteiger partial charge in [0.15, 0.2) is 6.10 Å². The van der Waals surface area contributed by atoms with Gasteiger partial charge in [-0.1, -0.05) is 97.1 Å². The minimum absolute atomic E-state index is 0.0525. The second-order valence-electron chi connectivity index (χ2n) is 14.5. The summed E-state index contributed by atoms with van der Waals surface area (Å²) in [6, 6.07) is 32.5. The van der Waals surface area contributed by atoms with Gasteiger partial charge in [-0.25, -0.2) is 14.8 Å². The lowest BCUT2D eigenvalue weighted by atomic mass is 10.0. The lowest BCUT2D eigenvalue weighted by molar-refractivity contribution is -0.143. The summed E-state index contributed by atoms with van der Waals surface area (Å²) in [5.41, 5.74) is 7.43. The van der Waals surface area contributed by atoms with Crippen LogP contribution in [-0.2, 0) is 19.1 Å². The zero-order valence-electron chi connectivity index (χ0n) is 32.2. The normalized spacial score (nSPS) is 17.6. The Bertz CT molecular complexity index is 2380. The molecule has 0 radical (unpaired) electrons. The number of amides is 3. The van der Waals surface area contributed by atoms with Crippen molar-refractivity contribution in [3.63, 3.8) is 0 Å². The Morgan fingerprint density at radius 3 is 1.71 bits per heavy atom. The summed E-state index contributed by atoms with van der Waals surface area (Å²) < 4.78 is 11.4. The largest absolute Gasteiger partial charge is 0.453 e. The van der Waals surface area contributed by atoms with Crippen LogP contribution >= 0.6 is 22.6 Å². The monoisotopic (exact) mass is 889 g/mol. The van der Waals surface area contributed by atoms with Gasteiger partial charge in [0.2, 0.25) is 0 Å². The van der Waals surface area contributed by atoms with Crippen LogP contribution in [0.1, 0.15) is 72.7 Å². The van der Waals surface area contributed by atoms with Gasteiger partial charge < -0.3 is 34.6 Å². The molecule has 58 heavy (non-hydrogen) atoms. The van der Waals surface area contributed by atoms with Gasteiger partial charge in [0.1, 0.15) is 17.7 Å². The van der Waals surface area contributed by atoms with Crippen LogP contribution in [0.5, 0.6) is 0 Å². The zero-order chi connectivity index (χ0) is 40.2. The molecule has 4 heterocycles. The van der Waals surface area contributed by atoms with E-state index in [4.69, 9.17) is 19.4 Å². The highest BCUT2D eigenvalue weighted by atomic mass is 127.